The van der Waals surface area contributed by atoms with Crippen molar-refractivity contribution in [3.8, 4) is 0 Å². The van der Waals surface area contributed by atoms with Crippen molar-refractivity contribution in [3.63, 3.8) is 0 Å². The molecule has 0 saturated carbocycles. The van der Waals surface area contributed by atoms with E-state index in [4.69, 9.17) is 24.2 Å². The zero-order chi connectivity index (χ0) is 27.1. The first-order valence-electron chi connectivity index (χ1n) is 12.4. The topological polar surface area (TPSA) is 120 Å². The Hall–Kier alpha value is -3.17. The Morgan fingerprint density at radius 1 is 0.973 bits per heavy atom. The number of rotatable bonds is 10. The van der Waals surface area contributed by atoms with Crippen molar-refractivity contribution < 1.29 is 28.2 Å². The number of carbonyl (C=O) groups excluding carboxylic acids is 2. The van der Waals surface area contributed by atoms with Crippen LogP contribution < -0.4 is 10.4 Å². The van der Waals surface area contributed by atoms with Crippen molar-refractivity contribution in [1.29, 1.82) is 0 Å². The third-order valence-electron chi connectivity index (χ3n) is 6.55. The van der Waals surface area contributed by atoms with Crippen LogP contribution in [0.25, 0.3) is 10.4 Å². The Balaban J connectivity index is 1.92. The number of benzene rings is 2. The molecule has 37 heavy (non-hydrogen) atoms. The largest absolute Gasteiger partial charge is 0.455 e. The van der Waals surface area contributed by atoms with E-state index in [2.05, 4.69) is 55.1 Å². The molecule has 0 amide bonds. The highest BCUT2D eigenvalue weighted by Gasteiger charge is 2.51. The molecule has 1 aliphatic heterocycles. The molecule has 0 aliphatic carbocycles. The van der Waals surface area contributed by atoms with E-state index in [-0.39, 0.29) is 11.6 Å². The molecule has 0 radical (unpaired) electrons. The SMILES string of the molecule is CC(=O)O[C@@H]1O[C@H](CCO[Si](c2ccccc2)(c2ccccc2)C(C)(C)C)[C@@H](CN=[N+]=[N-])[C@H]1OC(C)=O. The Kier molecular flexibility index (Phi) is 9.50. The second kappa shape index (κ2) is 12.4. The normalized spacial score (nSPS) is 21.6. The van der Waals surface area contributed by atoms with Crippen molar-refractivity contribution >= 4 is 30.6 Å². The zero-order valence-corrected chi connectivity index (χ0v) is 23.0. The van der Waals surface area contributed by atoms with E-state index < -0.39 is 44.7 Å². The Morgan fingerprint density at radius 3 is 1.97 bits per heavy atom. The average molecular weight is 526 g/mol. The number of ether oxygens (including phenoxy) is 3. The fourth-order valence-corrected chi connectivity index (χ4v) is 9.66. The van der Waals surface area contributed by atoms with Gasteiger partial charge >= 0.3 is 11.9 Å². The summed E-state index contributed by atoms with van der Waals surface area (Å²) in [6.45, 7) is 9.49. The summed E-state index contributed by atoms with van der Waals surface area (Å²) in [7, 11) is -2.76. The van der Waals surface area contributed by atoms with E-state index in [1.54, 1.807) is 0 Å². The molecule has 0 bridgehead atoms. The van der Waals surface area contributed by atoms with Crippen LogP contribution in [0.1, 0.15) is 41.0 Å². The summed E-state index contributed by atoms with van der Waals surface area (Å²) in [5.41, 5.74) is 8.92. The van der Waals surface area contributed by atoms with Crippen molar-refractivity contribution in [2.45, 2.75) is 64.6 Å². The zero-order valence-electron chi connectivity index (χ0n) is 22.0. The van der Waals surface area contributed by atoms with Gasteiger partial charge in [0.05, 0.1) is 6.10 Å². The van der Waals surface area contributed by atoms with E-state index in [1.165, 1.54) is 13.8 Å². The summed E-state index contributed by atoms with van der Waals surface area (Å²) >= 11 is 0. The van der Waals surface area contributed by atoms with Gasteiger partial charge < -0.3 is 18.6 Å². The maximum Gasteiger partial charge on any atom is 0.305 e. The van der Waals surface area contributed by atoms with Crippen LogP contribution in [0.5, 0.6) is 0 Å². The summed E-state index contributed by atoms with van der Waals surface area (Å²) in [4.78, 5) is 26.3. The van der Waals surface area contributed by atoms with Crippen molar-refractivity contribution in [2.24, 2.45) is 11.0 Å². The number of carbonyl (C=O) groups is 2. The minimum atomic E-state index is -2.76. The van der Waals surface area contributed by atoms with E-state index >= 15 is 0 Å². The summed E-state index contributed by atoms with van der Waals surface area (Å²) in [6.07, 6.45) is -2.06. The van der Waals surface area contributed by atoms with Crippen LogP contribution in [-0.2, 0) is 28.2 Å². The van der Waals surface area contributed by atoms with Crippen LogP contribution >= 0.6 is 0 Å². The quantitative estimate of drug-likeness (QED) is 0.151. The molecule has 0 spiro atoms. The van der Waals surface area contributed by atoms with Gasteiger partial charge in [0.25, 0.3) is 8.32 Å². The molecule has 1 heterocycles. The van der Waals surface area contributed by atoms with Crippen LogP contribution in [0, 0.1) is 5.92 Å². The number of hydrogen-bond donors (Lipinski definition) is 0. The van der Waals surface area contributed by atoms with Gasteiger partial charge in [-0.05, 0) is 27.4 Å². The molecule has 1 saturated heterocycles. The van der Waals surface area contributed by atoms with Gasteiger partial charge in [0.2, 0.25) is 6.29 Å². The molecule has 2 aromatic carbocycles. The van der Waals surface area contributed by atoms with Crippen LogP contribution in [0.3, 0.4) is 0 Å². The molecule has 9 nitrogen and oxygen atoms in total. The summed E-state index contributed by atoms with van der Waals surface area (Å²) in [5.74, 6) is -1.60. The average Bonchev–Trinajstić information content (AvgIpc) is 3.15. The molecule has 10 heteroatoms. The minimum Gasteiger partial charge on any atom is -0.455 e. The number of azide groups is 1. The molecular formula is C27H35N3O6Si. The molecule has 0 aromatic heterocycles. The highest BCUT2D eigenvalue weighted by atomic mass is 28.4. The van der Waals surface area contributed by atoms with Gasteiger partial charge in [-0.15, -0.1) is 0 Å². The molecule has 1 fully saturated rings. The Bertz CT molecular complexity index is 1060. The van der Waals surface area contributed by atoms with Gasteiger partial charge in [-0.25, -0.2) is 0 Å². The molecule has 0 unspecified atom stereocenters. The molecule has 0 N–H and O–H groups in total. The molecule has 1 aliphatic rings. The lowest BCUT2D eigenvalue weighted by Crippen LogP contribution is -2.66. The Labute approximate surface area is 218 Å². The van der Waals surface area contributed by atoms with Gasteiger partial charge in [0.15, 0.2) is 6.10 Å². The van der Waals surface area contributed by atoms with Crippen molar-refractivity contribution in [3.05, 3.63) is 71.1 Å². The monoisotopic (exact) mass is 525 g/mol. The molecular weight excluding hydrogens is 490 g/mol. The van der Waals surface area contributed by atoms with Crippen molar-refractivity contribution in [2.75, 3.05) is 13.2 Å². The van der Waals surface area contributed by atoms with E-state index in [1.807, 2.05) is 36.4 Å². The van der Waals surface area contributed by atoms with Gasteiger partial charge in [-0.1, -0.05) is 86.5 Å². The summed E-state index contributed by atoms with van der Waals surface area (Å²) in [6, 6.07) is 20.6. The lowest BCUT2D eigenvalue weighted by molar-refractivity contribution is -0.194. The fourth-order valence-electron chi connectivity index (χ4n) is 5.08. The third-order valence-corrected chi connectivity index (χ3v) is 11.6. The lowest BCUT2D eigenvalue weighted by Gasteiger charge is -2.43. The fraction of sp³-hybridized carbons (Fsp3) is 0.481. The Morgan fingerprint density at radius 2 is 1.51 bits per heavy atom. The first-order valence-corrected chi connectivity index (χ1v) is 14.3. The molecule has 198 valence electrons. The van der Waals surface area contributed by atoms with Gasteiger partial charge in [0.1, 0.15) is 0 Å². The predicted octanol–water partition coefficient (Wildman–Crippen LogP) is 4.10. The maximum absolute atomic E-state index is 11.8. The molecule has 2 aromatic rings. The minimum absolute atomic E-state index is 0.0239. The van der Waals surface area contributed by atoms with Crippen LogP contribution in [0.2, 0.25) is 5.04 Å². The van der Waals surface area contributed by atoms with Crippen LogP contribution in [0.15, 0.2) is 65.8 Å². The van der Waals surface area contributed by atoms with Crippen LogP contribution in [0.4, 0.5) is 0 Å². The second-order valence-corrected chi connectivity index (χ2v) is 14.4. The number of hydrogen-bond acceptors (Lipinski definition) is 7. The molecule has 4 atom stereocenters. The maximum atomic E-state index is 11.8. The summed E-state index contributed by atoms with van der Waals surface area (Å²) in [5, 5.41) is 5.82. The van der Waals surface area contributed by atoms with E-state index in [0.29, 0.717) is 13.0 Å². The standard InChI is InChI=1S/C27H35N3O6Si/c1-19(31)34-25-23(18-29-30-28)24(36-26(25)35-20(2)32)16-17-33-37(27(3,4)5,21-12-8-6-9-13-21)22-14-10-7-11-15-22/h6-15,23-26H,16-18H2,1-5H3/t23-,24-,25-,26-/m1/s1. The first-order chi connectivity index (χ1) is 17.6. The summed E-state index contributed by atoms with van der Waals surface area (Å²) < 4.78 is 23.7. The highest BCUT2D eigenvalue weighted by molar-refractivity contribution is 6.99. The lowest BCUT2D eigenvalue weighted by atomic mass is 9.96. The first kappa shape index (κ1) is 28.4. The third kappa shape index (κ3) is 6.59. The highest BCUT2D eigenvalue weighted by Crippen LogP contribution is 2.38. The van der Waals surface area contributed by atoms with Gasteiger partial charge in [0, 0.05) is 37.8 Å². The van der Waals surface area contributed by atoms with Crippen LogP contribution in [-0.4, -0.2) is 51.9 Å². The second-order valence-electron chi connectivity index (χ2n) is 10.1. The smallest absolute Gasteiger partial charge is 0.305 e. The van der Waals surface area contributed by atoms with E-state index in [0.717, 1.165) is 10.4 Å². The molecule has 3 rings (SSSR count). The van der Waals surface area contributed by atoms with Crippen molar-refractivity contribution in [1.82, 2.24) is 0 Å². The number of esters is 2. The van der Waals surface area contributed by atoms with Gasteiger partial charge in [-0.2, -0.15) is 0 Å². The number of nitrogens with zero attached hydrogens (tertiary/aromatic N) is 3. The predicted molar refractivity (Wildman–Crippen MR) is 142 cm³/mol. The van der Waals surface area contributed by atoms with Gasteiger partial charge in [-0.3, -0.25) is 9.59 Å². The van der Waals surface area contributed by atoms with E-state index in [9.17, 15) is 9.59 Å².